The minimum Gasteiger partial charge on any atom is -0.368 e. The largest absolute Gasteiger partial charge is 0.368 e. The molecule has 0 bridgehead atoms. The molecule has 1 fully saturated rings. The van der Waals surface area contributed by atoms with Crippen molar-refractivity contribution < 1.29 is 14.1 Å². The van der Waals surface area contributed by atoms with E-state index in [1.165, 1.54) is 0 Å². The van der Waals surface area contributed by atoms with Crippen LogP contribution in [0.5, 0.6) is 0 Å². The van der Waals surface area contributed by atoms with Gasteiger partial charge in [-0.25, -0.2) is 0 Å². The summed E-state index contributed by atoms with van der Waals surface area (Å²) in [6.07, 6.45) is 1.66. The number of carbonyl (C=O) groups is 1. The van der Waals surface area contributed by atoms with Crippen molar-refractivity contribution in [1.82, 2.24) is 20.4 Å². The third-order valence-electron chi connectivity index (χ3n) is 4.35. The Labute approximate surface area is 138 Å². The normalized spacial score (nSPS) is 17.2. The zero-order chi connectivity index (χ0) is 17.3. The van der Waals surface area contributed by atoms with Gasteiger partial charge >= 0.3 is 0 Å². The molecule has 3 heterocycles. The Bertz CT molecular complexity index is 818. The number of nitrogens with zero attached hydrogens (tertiary/aromatic N) is 2. The first kappa shape index (κ1) is 16.4. The summed E-state index contributed by atoms with van der Waals surface area (Å²) in [5.74, 6) is 0.323. The summed E-state index contributed by atoms with van der Waals surface area (Å²) >= 11 is 0. The van der Waals surface area contributed by atoms with Crippen molar-refractivity contribution in [3.8, 4) is 0 Å². The van der Waals surface area contributed by atoms with Gasteiger partial charge in [0.25, 0.3) is 17.4 Å². The lowest BCUT2D eigenvalue weighted by molar-refractivity contribution is 0.0835. The van der Waals surface area contributed by atoms with Gasteiger partial charge in [0, 0.05) is 12.3 Å². The van der Waals surface area contributed by atoms with E-state index in [0.29, 0.717) is 23.9 Å². The maximum Gasteiger partial charge on any atom is 0.261 e. The maximum atomic E-state index is 12.3. The van der Waals surface area contributed by atoms with Crippen molar-refractivity contribution in [3.05, 3.63) is 44.5 Å². The van der Waals surface area contributed by atoms with Gasteiger partial charge in [0.2, 0.25) is 0 Å². The highest BCUT2D eigenvalue weighted by Gasteiger charge is 2.24. The van der Waals surface area contributed by atoms with Gasteiger partial charge in [-0.1, -0.05) is 5.16 Å². The second-order valence-corrected chi connectivity index (χ2v) is 5.94. The minimum absolute atomic E-state index is 0.0842. The fraction of sp³-hybridized carbons (Fsp3) is 0.500. The number of aromatic amines is 1. The van der Waals surface area contributed by atoms with E-state index in [2.05, 4.69) is 20.4 Å². The van der Waals surface area contributed by atoms with E-state index in [4.69, 9.17) is 9.26 Å². The van der Waals surface area contributed by atoms with Crippen LogP contribution in [0.4, 0.5) is 0 Å². The van der Waals surface area contributed by atoms with E-state index in [1.54, 1.807) is 13.8 Å². The predicted molar refractivity (Wildman–Crippen MR) is 84.7 cm³/mol. The van der Waals surface area contributed by atoms with Gasteiger partial charge in [-0.15, -0.1) is 0 Å². The third-order valence-corrected chi connectivity index (χ3v) is 4.35. The van der Waals surface area contributed by atoms with Crippen LogP contribution in [0, 0.1) is 20.8 Å². The van der Waals surface area contributed by atoms with Crippen LogP contribution in [0.2, 0.25) is 0 Å². The van der Waals surface area contributed by atoms with Crippen molar-refractivity contribution in [2.24, 2.45) is 0 Å². The molecule has 1 atom stereocenters. The van der Waals surface area contributed by atoms with Crippen LogP contribution >= 0.6 is 0 Å². The summed E-state index contributed by atoms with van der Waals surface area (Å²) in [6.45, 7) is 6.20. The van der Waals surface area contributed by atoms with E-state index in [0.717, 1.165) is 24.1 Å². The number of aryl methyl sites for hydroxylation is 1. The second kappa shape index (κ2) is 6.56. The highest BCUT2D eigenvalue weighted by atomic mass is 16.5. The lowest BCUT2D eigenvalue weighted by Gasteiger charge is -2.10. The number of hydrogen-bond donors (Lipinski definition) is 2. The lowest BCUT2D eigenvalue weighted by atomic mass is 10.0. The molecule has 3 rings (SSSR count). The first-order valence-electron chi connectivity index (χ1n) is 7.89. The Morgan fingerprint density at radius 2 is 2.12 bits per heavy atom. The van der Waals surface area contributed by atoms with Gasteiger partial charge < -0.3 is 19.6 Å². The number of amides is 1. The molecule has 128 valence electrons. The highest BCUT2D eigenvalue weighted by molar-refractivity contribution is 5.95. The van der Waals surface area contributed by atoms with E-state index in [9.17, 15) is 9.59 Å². The van der Waals surface area contributed by atoms with E-state index < -0.39 is 11.5 Å². The third kappa shape index (κ3) is 3.09. The molecule has 1 saturated heterocycles. The molecule has 2 aromatic rings. The number of nitrogens with one attached hydrogen (secondary N) is 2. The van der Waals surface area contributed by atoms with E-state index >= 15 is 0 Å². The summed E-state index contributed by atoms with van der Waals surface area (Å²) in [5.41, 5.74) is 2.03. The Hall–Kier alpha value is -2.48. The monoisotopic (exact) mass is 332 g/mol. The molecule has 24 heavy (non-hydrogen) atoms. The zero-order valence-electron chi connectivity index (χ0n) is 13.9. The first-order valence-corrected chi connectivity index (χ1v) is 7.89. The number of carbonyl (C=O) groups excluding carboxylic acids is 1. The number of pyridine rings is 1. The molecule has 1 aliphatic heterocycles. The molecular weight excluding hydrogens is 312 g/mol. The average Bonchev–Trinajstić information content (AvgIpc) is 3.21. The Morgan fingerprint density at radius 3 is 2.83 bits per heavy atom. The molecule has 0 aromatic carbocycles. The number of aromatic nitrogens is 3. The molecule has 1 amide bonds. The molecule has 1 unspecified atom stereocenters. The molecule has 8 heteroatoms. The van der Waals surface area contributed by atoms with Gasteiger partial charge in [-0.2, -0.15) is 4.98 Å². The minimum atomic E-state index is -0.458. The molecular formula is C16H20N4O4. The van der Waals surface area contributed by atoms with E-state index in [1.807, 2.05) is 6.92 Å². The van der Waals surface area contributed by atoms with Crippen LogP contribution in [0.15, 0.2) is 9.32 Å². The fourth-order valence-corrected chi connectivity index (χ4v) is 2.73. The van der Waals surface area contributed by atoms with Crippen molar-refractivity contribution in [3.63, 3.8) is 0 Å². The molecule has 0 aliphatic carbocycles. The van der Waals surface area contributed by atoms with Crippen LogP contribution in [-0.4, -0.2) is 27.6 Å². The first-order chi connectivity index (χ1) is 11.5. The second-order valence-electron chi connectivity index (χ2n) is 5.94. The fourth-order valence-electron chi connectivity index (χ4n) is 2.73. The molecule has 2 N–H and O–H groups in total. The summed E-state index contributed by atoms with van der Waals surface area (Å²) in [6, 6.07) is 0. The van der Waals surface area contributed by atoms with Gasteiger partial charge in [-0.05, 0) is 44.7 Å². The van der Waals surface area contributed by atoms with E-state index in [-0.39, 0.29) is 18.2 Å². The number of hydrogen-bond acceptors (Lipinski definition) is 6. The van der Waals surface area contributed by atoms with Crippen LogP contribution < -0.4 is 10.9 Å². The van der Waals surface area contributed by atoms with Gasteiger partial charge in [0.05, 0.1) is 6.54 Å². The van der Waals surface area contributed by atoms with Crippen molar-refractivity contribution >= 4 is 5.91 Å². The zero-order valence-corrected chi connectivity index (χ0v) is 13.9. The number of ether oxygens (including phenoxy) is 1. The summed E-state index contributed by atoms with van der Waals surface area (Å²) in [7, 11) is 0. The molecule has 0 spiro atoms. The highest BCUT2D eigenvalue weighted by Crippen LogP contribution is 2.26. The summed E-state index contributed by atoms with van der Waals surface area (Å²) in [5, 5.41) is 6.50. The van der Waals surface area contributed by atoms with Crippen molar-refractivity contribution in [1.29, 1.82) is 0 Å². The Morgan fingerprint density at radius 1 is 1.33 bits per heavy atom. The molecule has 0 saturated carbocycles. The SMILES string of the molecule is Cc1[nH]c(=O)c(C(=O)NCc2noc(C3CCCO3)n2)c(C)c1C. The number of H-pyrrole nitrogens is 1. The Balaban J connectivity index is 1.70. The average molecular weight is 332 g/mol. The van der Waals surface area contributed by atoms with Crippen LogP contribution in [0.25, 0.3) is 0 Å². The standard InChI is InChI=1S/C16H20N4O4/c1-8-9(2)13(15(22)18-10(8)3)14(21)17-7-12-19-16(24-20-12)11-5-4-6-23-11/h11H,4-7H2,1-3H3,(H,17,21)(H,18,22). The van der Waals surface area contributed by atoms with Gasteiger partial charge in [0.15, 0.2) is 5.82 Å². The molecule has 0 radical (unpaired) electrons. The maximum absolute atomic E-state index is 12.3. The summed E-state index contributed by atoms with van der Waals surface area (Å²) in [4.78, 5) is 31.3. The van der Waals surface area contributed by atoms with Crippen molar-refractivity contribution in [2.75, 3.05) is 6.61 Å². The molecule has 1 aliphatic rings. The van der Waals surface area contributed by atoms with Crippen LogP contribution in [0.3, 0.4) is 0 Å². The lowest BCUT2D eigenvalue weighted by Crippen LogP contribution is -2.31. The van der Waals surface area contributed by atoms with Gasteiger partial charge in [0.1, 0.15) is 11.7 Å². The van der Waals surface area contributed by atoms with Crippen LogP contribution in [-0.2, 0) is 11.3 Å². The van der Waals surface area contributed by atoms with Crippen LogP contribution in [0.1, 0.15) is 57.8 Å². The van der Waals surface area contributed by atoms with Crippen molar-refractivity contribution in [2.45, 2.75) is 46.3 Å². The summed E-state index contributed by atoms with van der Waals surface area (Å²) < 4.78 is 10.6. The number of rotatable bonds is 4. The molecule has 8 nitrogen and oxygen atoms in total. The smallest absolute Gasteiger partial charge is 0.261 e. The Kier molecular flexibility index (Phi) is 4.48. The predicted octanol–water partition coefficient (Wildman–Crippen LogP) is 1.46. The topological polar surface area (TPSA) is 110 Å². The van der Waals surface area contributed by atoms with Gasteiger partial charge in [-0.3, -0.25) is 9.59 Å². The molecule has 2 aromatic heterocycles. The quantitative estimate of drug-likeness (QED) is 0.877.